The van der Waals surface area contributed by atoms with Crippen LogP contribution in [0.5, 0.6) is 0 Å². The molecule has 0 saturated heterocycles. The normalized spacial score (nSPS) is 11.5. The van der Waals surface area contributed by atoms with Crippen LogP contribution in [-0.2, 0) is 22.7 Å². The summed E-state index contributed by atoms with van der Waals surface area (Å²) < 4.78 is 40.4. The smallest absolute Gasteiger partial charge is 0.367 e. The summed E-state index contributed by atoms with van der Waals surface area (Å²) >= 11 is 0. The van der Waals surface area contributed by atoms with Gasteiger partial charge in [-0.05, 0) is 17.5 Å². The number of carbonyl (C=O) groups is 1. The molecule has 3 nitrogen and oxygen atoms in total. The van der Waals surface area contributed by atoms with E-state index in [1.807, 2.05) is 0 Å². The van der Waals surface area contributed by atoms with Crippen molar-refractivity contribution in [1.82, 2.24) is 5.32 Å². The van der Waals surface area contributed by atoms with Gasteiger partial charge in [-0.2, -0.15) is 13.2 Å². The van der Waals surface area contributed by atoms with Crippen LogP contribution in [0.25, 0.3) is 0 Å². The highest BCUT2D eigenvalue weighted by Gasteiger charge is 2.27. The van der Waals surface area contributed by atoms with Gasteiger partial charge in [0.05, 0.1) is 6.61 Å². The third-order valence-corrected chi connectivity index (χ3v) is 3.05. The van der Waals surface area contributed by atoms with Crippen LogP contribution in [0.3, 0.4) is 0 Å². The van der Waals surface area contributed by atoms with E-state index in [9.17, 15) is 18.0 Å². The van der Waals surface area contributed by atoms with Crippen LogP contribution in [-0.4, -0.2) is 18.7 Å². The SMILES string of the molecule is CCCCCC(=O)NCc1ccc(COCC(F)(F)F)cc1. The Hall–Kier alpha value is -1.56. The van der Waals surface area contributed by atoms with Crippen LogP contribution in [0.1, 0.15) is 43.7 Å². The number of unbranched alkanes of at least 4 members (excludes halogenated alkanes) is 2. The van der Waals surface area contributed by atoms with Crippen LogP contribution in [0.2, 0.25) is 0 Å². The zero-order valence-corrected chi connectivity index (χ0v) is 12.7. The minimum Gasteiger partial charge on any atom is -0.367 e. The maximum atomic E-state index is 11.9. The van der Waals surface area contributed by atoms with Crippen LogP contribution in [0.15, 0.2) is 24.3 Å². The number of amides is 1. The Labute approximate surface area is 128 Å². The van der Waals surface area contributed by atoms with Gasteiger partial charge in [0.15, 0.2) is 0 Å². The highest BCUT2D eigenvalue weighted by molar-refractivity contribution is 5.75. The van der Waals surface area contributed by atoms with Gasteiger partial charge in [0.1, 0.15) is 6.61 Å². The lowest BCUT2D eigenvalue weighted by Crippen LogP contribution is -2.22. The first-order valence-corrected chi connectivity index (χ1v) is 7.39. The van der Waals surface area contributed by atoms with E-state index >= 15 is 0 Å². The lowest BCUT2D eigenvalue weighted by Gasteiger charge is -2.09. The lowest BCUT2D eigenvalue weighted by atomic mass is 10.1. The van der Waals surface area contributed by atoms with E-state index in [0.29, 0.717) is 18.5 Å². The standard InChI is InChI=1S/C16H22F3NO2/c1-2-3-4-5-15(21)20-10-13-6-8-14(9-7-13)11-22-12-16(17,18)19/h6-9H,2-5,10-12H2,1H3,(H,20,21). The summed E-state index contributed by atoms with van der Waals surface area (Å²) in [5.41, 5.74) is 1.57. The van der Waals surface area contributed by atoms with Gasteiger partial charge in [-0.15, -0.1) is 0 Å². The van der Waals surface area contributed by atoms with Crippen molar-refractivity contribution in [2.45, 2.75) is 51.9 Å². The monoisotopic (exact) mass is 317 g/mol. The molecule has 0 fully saturated rings. The molecule has 0 aromatic heterocycles. The molecular formula is C16H22F3NO2. The van der Waals surface area contributed by atoms with Crippen molar-refractivity contribution in [3.63, 3.8) is 0 Å². The third kappa shape index (κ3) is 8.67. The maximum Gasteiger partial charge on any atom is 0.411 e. The fraction of sp³-hybridized carbons (Fsp3) is 0.562. The third-order valence-electron chi connectivity index (χ3n) is 3.05. The molecule has 0 aliphatic heterocycles. The number of nitrogens with one attached hydrogen (secondary N) is 1. The first-order chi connectivity index (χ1) is 10.4. The van der Waals surface area contributed by atoms with E-state index in [4.69, 9.17) is 0 Å². The number of carbonyl (C=O) groups excluding carboxylic acids is 1. The molecule has 0 bridgehead atoms. The second-order valence-electron chi connectivity index (χ2n) is 5.16. The molecule has 1 N–H and O–H groups in total. The molecule has 1 aromatic rings. The van der Waals surface area contributed by atoms with Crippen LogP contribution in [0, 0.1) is 0 Å². The van der Waals surface area contributed by atoms with Crippen molar-refractivity contribution in [2.24, 2.45) is 0 Å². The number of hydrogen-bond donors (Lipinski definition) is 1. The fourth-order valence-electron chi connectivity index (χ4n) is 1.86. The van der Waals surface area contributed by atoms with Crippen LogP contribution >= 0.6 is 0 Å². The molecule has 1 aromatic carbocycles. The molecule has 0 heterocycles. The zero-order chi connectivity index (χ0) is 16.4. The van der Waals surface area contributed by atoms with Gasteiger partial charge >= 0.3 is 6.18 Å². The summed E-state index contributed by atoms with van der Waals surface area (Å²) in [6.07, 6.45) is -0.776. The van der Waals surface area contributed by atoms with Gasteiger partial charge in [0, 0.05) is 13.0 Å². The molecule has 0 aliphatic rings. The Morgan fingerprint density at radius 3 is 2.36 bits per heavy atom. The van der Waals surface area contributed by atoms with E-state index in [1.54, 1.807) is 24.3 Å². The predicted molar refractivity (Wildman–Crippen MR) is 78.1 cm³/mol. The van der Waals surface area contributed by atoms with Gasteiger partial charge < -0.3 is 10.1 Å². The van der Waals surface area contributed by atoms with E-state index in [1.165, 1.54) is 0 Å². The van der Waals surface area contributed by atoms with Gasteiger partial charge in [0.2, 0.25) is 5.91 Å². The molecule has 0 atom stereocenters. The Bertz CT molecular complexity index is 444. The number of hydrogen-bond acceptors (Lipinski definition) is 2. The van der Waals surface area contributed by atoms with Gasteiger partial charge in [-0.3, -0.25) is 4.79 Å². The quantitative estimate of drug-likeness (QED) is 0.700. The number of rotatable bonds is 9. The zero-order valence-electron chi connectivity index (χ0n) is 12.7. The maximum absolute atomic E-state index is 11.9. The molecule has 0 unspecified atom stereocenters. The molecule has 22 heavy (non-hydrogen) atoms. The van der Waals surface area contributed by atoms with Crippen LogP contribution in [0.4, 0.5) is 13.2 Å². The molecule has 0 radical (unpaired) electrons. The topological polar surface area (TPSA) is 38.3 Å². The second-order valence-corrected chi connectivity index (χ2v) is 5.16. The molecule has 6 heteroatoms. The minimum absolute atomic E-state index is 0.0195. The molecular weight excluding hydrogens is 295 g/mol. The first kappa shape index (κ1) is 18.5. The average Bonchev–Trinajstić information content (AvgIpc) is 2.45. The number of benzene rings is 1. The minimum atomic E-state index is -4.30. The predicted octanol–water partition coefficient (Wildman–Crippen LogP) is 3.96. The van der Waals surface area contributed by atoms with E-state index in [0.717, 1.165) is 24.8 Å². The Balaban J connectivity index is 2.28. The molecule has 0 aliphatic carbocycles. The number of halogens is 3. The number of ether oxygens (including phenoxy) is 1. The summed E-state index contributed by atoms with van der Waals surface area (Å²) in [6, 6.07) is 6.96. The van der Waals surface area contributed by atoms with Crippen molar-refractivity contribution in [1.29, 1.82) is 0 Å². The van der Waals surface area contributed by atoms with Gasteiger partial charge in [-0.25, -0.2) is 0 Å². The molecule has 0 saturated carbocycles. The summed E-state index contributed by atoms with van der Waals surface area (Å²) in [4.78, 5) is 11.6. The highest BCUT2D eigenvalue weighted by atomic mass is 19.4. The summed E-state index contributed by atoms with van der Waals surface area (Å²) in [6.45, 7) is 1.18. The van der Waals surface area contributed by atoms with E-state index < -0.39 is 12.8 Å². The summed E-state index contributed by atoms with van der Waals surface area (Å²) in [5, 5.41) is 2.82. The van der Waals surface area contributed by atoms with E-state index in [-0.39, 0.29) is 12.5 Å². The van der Waals surface area contributed by atoms with Crippen molar-refractivity contribution in [3.8, 4) is 0 Å². The highest BCUT2D eigenvalue weighted by Crippen LogP contribution is 2.15. The van der Waals surface area contributed by atoms with Gasteiger partial charge in [-0.1, -0.05) is 44.0 Å². The van der Waals surface area contributed by atoms with Crippen molar-refractivity contribution < 1.29 is 22.7 Å². The van der Waals surface area contributed by atoms with Crippen molar-refractivity contribution >= 4 is 5.91 Å². The van der Waals surface area contributed by atoms with Gasteiger partial charge in [0.25, 0.3) is 0 Å². The van der Waals surface area contributed by atoms with E-state index in [2.05, 4.69) is 17.0 Å². The lowest BCUT2D eigenvalue weighted by molar-refractivity contribution is -0.176. The molecule has 1 amide bonds. The van der Waals surface area contributed by atoms with Crippen LogP contribution < -0.4 is 5.32 Å². The molecule has 124 valence electrons. The summed E-state index contributed by atoms with van der Waals surface area (Å²) in [7, 11) is 0. The Kier molecular flexibility index (Phi) is 7.95. The summed E-state index contributed by atoms with van der Waals surface area (Å²) in [5.74, 6) is 0.0195. The average molecular weight is 317 g/mol. The Morgan fingerprint density at radius 2 is 1.77 bits per heavy atom. The molecule has 0 spiro atoms. The largest absolute Gasteiger partial charge is 0.411 e. The van der Waals surface area contributed by atoms with Crippen molar-refractivity contribution in [2.75, 3.05) is 6.61 Å². The first-order valence-electron chi connectivity index (χ1n) is 7.39. The second kappa shape index (κ2) is 9.46. The number of alkyl halides is 3. The molecule has 1 rings (SSSR count). The Morgan fingerprint density at radius 1 is 1.14 bits per heavy atom. The van der Waals surface area contributed by atoms with Crippen molar-refractivity contribution in [3.05, 3.63) is 35.4 Å². The fourth-order valence-corrected chi connectivity index (χ4v) is 1.86.